The van der Waals surface area contributed by atoms with E-state index in [1.807, 2.05) is 36.9 Å². The van der Waals surface area contributed by atoms with E-state index in [9.17, 15) is 13.2 Å². The molecule has 0 aromatic heterocycles. The molecule has 1 saturated carbocycles. The molecule has 0 unspecified atom stereocenters. The lowest BCUT2D eigenvalue weighted by Gasteiger charge is -2.27. The maximum Gasteiger partial charge on any atom is 0.251 e. The van der Waals surface area contributed by atoms with Crippen molar-refractivity contribution in [1.82, 2.24) is 0 Å². The van der Waals surface area contributed by atoms with E-state index in [2.05, 4.69) is 4.99 Å². The molecule has 128 valence electrons. The van der Waals surface area contributed by atoms with Crippen LogP contribution in [0.4, 0.5) is 5.69 Å². The SMILES string of the molecule is Cc1cccc(C)c1N1C(=NC(=O)C2CC2)S[C@@H]2CS(=O)(=O)C[C@@H]21. The molecule has 3 aliphatic rings. The molecule has 0 spiro atoms. The molecule has 1 amide bonds. The van der Waals surface area contributed by atoms with Crippen molar-refractivity contribution in [2.24, 2.45) is 10.9 Å². The van der Waals surface area contributed by atoms with E-state index < -0.39 is 9.84 Å². The maximum absolute atomic E-state index is 12.2. The van der Waals surface area contributed by atoms with Gasteiger partial charge in [0.2, 0.25) is 0 Å². The summed E-state index contributed by atoms with van der Waals surface area (Å²) in [7, 11) is -3.03. The second-order valence-corrected chi connectivity index (χ2v) is 10.3. The zero-order valence-electron chi connectivity index (χ0n) is 13.7. The molecule has 2 heterocycles. The zero-order valence-corrected chi connectivity index (χ0v) is 15.4. The molecule has 1 aromatic rings. The van der Waals surface area contributed by atoms with Gasteiger partial charge in [-0.1, -0.05) is 30.0 Å². The summed E-state index contributed by atoms with van der Waals surface area (Å²) in [5, 5.41) is 0.633. The molecule has 4 rings (SSSR count). The lowest BCUT2D eigenvalue weighted by atomic mass is 10.1. The smallest absolute Gasteiger partial charge is 0.251 e. The van der Waals surface area contributed by atoms with Crippen molar-refractivity contribution in [3.05, 3.63) is 29.3 Å². The van der Waals surface area contributed by atoms with Gasteiger partial charge < -0.3 is 4.90 Å². The first-order chi connectivity index (χ1) is 11.4. The van der Waals surface area contributed by atoms with Crippen LogP contribution in [0.1, 0.15) is 24.0 Å². The van der Waals surface area contributed by atoms with Crippen LogP contribution in [-0.2, 0) is 14.6 Å². The lowest BCUT2D eigenvalue weighted by molar-refractivity contribution is -0.118. The number of amidine groups is 1. The number of benzene rings is 1. The molecular weight excluding hydrogens is 344 g/mol. The van der Waals surface area contributed by atoms with Crippen LogP contribution in [0.25, 0.3) is 0 Å². The molecule has 2 atom stereocenters. The summed E-state index contributed by atoms with van der Waals surface area (Å²) < 4.78 is 24.2. The van der Waals surface area contributed by atoms with Gasteiger partial charge >= 0.3 is 0 Å². The van der Waals surface area contributed by atoms with Crippen LogP contribution in [0, 0.1) is 19.8 Å². The van der Waals surface area contributed by atoms with E-state index in [4.69, 9.17) is 0 Å². The molecule has 1 aliphatic carbocycles. The fraction of sp³-hybridized carbons (Fsp3) is 0.529. The van der Waals surface area contributed by atoms with Crippen molar-refractivity contribution >= 4 is 38.4 Å². The van der Waals surface area contributed by atoms with Crippen LogP contribution in [0.3, 0.4) is 0 Å². The number of thioether (sulfide) groups is 1. The predicted octanol–water partition coefficient (Wildman–Crippen LogP) is 2.31. The molecule has 5 nitrogen and oxygen atoms in total. The number of hydrogen-bond donors (Lipinski definition) is 0. The first kappa shape index (κ1) is 16.1. The van der Waals surface area contributed by atoms with Gasteiger partial charge in [-0.3, -0.25) is 4.79 Å². The third-order valence-electron chi connectivity index (χ3n) is 4.88. The summed E-state index contributed by atoms with van der Waals surface area (Å²) in [4.78, 5) is 18.6. The van der Waals surface area contributed by atoms with E-state index in [0.717, 1.165) is 29.7 Å². The summed E-state index contributed by atoms with van der Waals surface area (Å²) in [5.74, 6) is 0.314. The Kier molecular flexibility index (Phi) is 3.76. The Morgan fingerprint density at radius 2 is 1.88 bits per heavy atom. The molecular formula is C17H20N2O3S2. The number of anilines is 1. The molecule has 24 heavy (non-hydrogen) atoms. The highest BCUT2D eigenvalue weighted by Gasteiger charge is 2.50. The molecule has 2 aliphatic heterocycles. The summed E-state index contributed by atoms with van der Waals surface area (Å²) in [6.07, 6.45) is 1.84. The van der Waals surface area contributed by atoms with E-state index in [0.29, 0.717) is 5.17 Å². The number of para-hydroxylation sites is 1. The highest BCUT2D eigenvalue weighted by Crippen LogP contribution is 2.43. The number of fused-ring (bicyclic) bond motifs is 1. The minimum Gasteiger partial charge on any atom is -0.315 e. The van der Waals surface area contributed by atoms with Crippen LogP contribution in [0.15, 0.2) is 23.2 Å². The second kappa shape index (κ2) is 5.59. The summed E-state index contributed by atoms with van der Waals surface area (Å²) >= 11 is 1.45. The fourth-order valence-corrected chi connectivity index (χ4v) is 7.43. The second-order valence-electron chi connectivity index (χ2n) is 6.92. The minimum atomic E-state index is -3.03. The van der Waals surface area contributed by atoms with Gasteiger partial charge in [0.25, 0.3) is 5.91 Å². The summed E-state index contributed by atoms with van der Waals surface area (Å²) in [6, 6.07) is 5.89. The zero-order chi connectivity index (χ0) is 17.1. The number of rotatable bonds is 2. The molecule has 0 radical (unpaired) electrons. The molecule has 0 bridgehead atoms. The summed E-state index contributed by atoms with van der Waals surface area (Å²) in [5.41, 5.74) is 3.15. The Morgan fingerprint density at radius 3 is 2.50 bits per heavy atom. The predicted molar refractivity (Wildman–Crippen MR) is 97.4 cm³/mol. The largest absolute Gasteiger partial charge is 0.315 e. The van der Waals surface area contributed by atoms with E-state index >= 15 is 0 Å². The number of carbonyl (C=O) groups excluding carboxylic acids is 1. The first-order valence-electron chi connectivity index (χ1n) is 8.21. The van der Waals surface area contributed by atoms with Gasteiger partial charge in [-0.25, -0.2) is 8.42 Å². The Morgan fingerprint density at radius 1 is 1.21 bits per heavy atom. The number of aryl methyl sites for hydroxylation is 2. The number of carbonyl (C=O) groups is 1. The van der Waals surface area contributed by atoms with Gasteiger partial charge in [-0.05, 0) is 37.8 Å². The van der Waals surface area contributed by atoms with Crippen LogP contribution in [-0.4, -0.2) is 42.3 Å². The average molecular weight is 364 g/mol. The first-order valence-corrected chi connectivity index (χ1v) is 10.9. The number of aliphatic imine (C=N–C) groups is 1. The number of nitrogens with zero attached hydrogens (tertiary/aromatic N) is 2. The summed E-state index contributed by atoms with van der Waals surface area (Å²) in [6.45, 7) is 4.04. The third-order valence-corrected chi connectivity index (χ3v) is 8.09. The van der Waals surface area contributed by atoms with Gasteiger partial charge in [0.15, 0.2) is 15.0 Å². The Balaban J connectivity index is 1.79. The standard InChI is InChI=1S/C17H20N2O3S2/c1-10-4-3-5-11(2)15(10)19-13-8-24(21,22)9-14(13)23-17(19)18-16(20)12-6-7-12/h3-5,12-14H,6-9H2,1-2H3/t13-,14+/m0/s1. The van der Waals surface area contributed by atoms with Gasteiger partial charge in [-0.15, -0.1) is 0 Å². The minimum absolute atomic E-state index is 0.0419. The van der Waals surface area contributed by atoms with Gasteiger partial charge in [0, 0.05) is 16.9 Å². The number of hydrogen-bond acceptors (Lipinski definition) is 4. The van der Waals surface area contributed by atoms with Crippen molar-refractivity contribution in [3.8, 4) is 0 Å². The van der Waals surface area contributed by atoms with Crippen LogP contribution >= 0.6 is 11.8 Å². The van der Waals surface area contributed by atoms with E-state index in [1.165, 1.54) is 11.8 Å². The molecule has 1 aromatic carbocycles. The van der Waals surface area contributed by atoms with Gasteiger partial charge in [-0.2, -0.15) is 4.99 Å². The normalized spacial score (nSPS) is 29.9. The lowest BCUT2D eigenvalue weighted by Crippen LogP contribution is -2.38. The van der Waals surface area contributed by atoms with Crippen molar-refractivity contribution < 1.29 is 13.2 Å². The average Bonchev–Trinajstić information content (AvgIpc) is 3.23. The molecule has 2 saturated heterocycles. The van der Waals surface area contributed by atoms with Crippen LogP contribution in [0.2, 0.25) is 0 Å². The third kappa shape index (κ3) is 2.77. The Bertz CT molecular complexity index is 823. The van der Waals surface area contributed by atoms with Crippen molar-refractivity contribution in [2.75, 3.05) is 16.4 Å². The van der Waals surface area contributed by atoms with Crippen molar-refractivity contribution in [1.29, 1.82) is 0 Å². The number of sulfone groups is 1. The van der Waals surface area contributed by atoms with Gasteiger partial charge in [0.05, 0.1) is 17.5 Å². The Hall–Kier alpha value is -1.34. The Labute approximate surface area is 146 Å². The van der Waals surface area contributed by atoms with Crippen LogP contribution in [0.5, 0.6) is 0 Å². The van der Waals surface area contributed by atoms with E-state index in [1.54, 1.807) is 0 Å². The topological polar surface area (TPSA) is 66.8 Å². The highest BCUT2D eigenvalue weighted by molar-refractivity contribution is 8.16. The van der Waals surface area contributed by atoms with E-state index in [-0.39, 0.29) is 34.6 Å². The van der Waals surface area contributed by atoms with Crippen molar-refractivity contribution in [3.63, 3.8) is 0 Å². The monoisotopic (exact) mass is 364 g/mol. The number of amides is 1. The quantitative estimate of drug-likeness (QED) is 0.806. The molecule has 7 heteroatoms. The molecule has 3 fully saturated rings. The highest BCUT2D eigenvalue weighted by atomic mass is 32.2. The fourth-order valence-electron chi connectivity index (χ4n) is 3.53. The van der Waals surface area contributed by atoms with Gasteiger partial charge in [0.1, 0.15) is 0 Å². The maximum atomic E-state index is 12.2. The van der Waals surface area contributed by atoms with Crippen LogP contribution < -0.4 is 4.90 Å². The van der Waals surface area contributed by atoms with Crippen molar-refractivity contribution in [2.45, 2.75) is 38.0 Å². The molecule has 0 N–H and O–H groups in total.